The molecule has 20 heavy (non-hydrogen) atoms. The molecular weight excluding hydrogens is 324 g/mol. The van der Waals surface area contributed by atoms with Gasteiger partial charge in [-0.3, -0.25) is 4.79 Å². The van der Waals surface area contributed by atoms with Gasteiger partial charge in [0.2, 0.25) is 0 Å². The van der Waals surface area contributed by atoms with Crippen molar-refractivity contribution >= 4 is 33.5 Å². The first-order valence-corrected chi connectivity index (χ1v) is 6.53. The SMILES string of the molecule is Cc1ccc(C(=O)Nc2ccnc(C(=O)O)c2)cc1Br. The van der Waals surface area contributed by atoms with Crippen LogP contribution in [0.5, 0.6) is 0 Å². The van der Waals surface area contributed by atoms with Crippen molar-refractivity contribution in [2.45, 2.75) is 6.92 Å². The molecule has 0 saturated carbocycles. The highest BCUT2D eigenvalue weighted by Crippen LogP contribution is 2.18. The number of hydrogen-bond donors (Lipinski definition) is 2. The smallest absolute Gasteiger partial charge is 0.354 e. The van der Waals surface area contributed by atoms with E-state index in [1.54, 1.807) is 12.1 Å². The van der Waals surface area contributed by atoms with Gasteiger partial charge in [0.1, 0.15) is 5.69 Å². The number of halogens is 1. The van der Waals surface area contributed by atoms with Crippen LogP contribution in [0.1, 0.15) is 26.4 Å². The number of benzene rings is 1. The molecule has 6 heteroatoms. The second kappa shape index (κ2) is 5.83. The van der Waals surface area contributed by atoms with Gasteiger partial charge in [-0.2, -0.15) is 0 Å². The molecule has 102 valence electrons. The first kappa shape index (κ1) is 14.2. The minimum atomic E-state index is -1.14. The van der Waals surface area contributed by atoms with Crippen LogP contribution >= 0.6 is 15.9 Å². The third-order valence-corrected chi connectivity index (χ3v) is 3.53. The van der Waals surface area contributed by atoms with Gasteiger partial charge in [-0.1, -0.05) is 22.0 Å². The van der Waals surface area contributed by atoms with E-state index >= 15 is 0 Å². The summed E-state index contributed by atoms with van der Waals surface area (Å²) in [4.78, 5) is 26.6. The molecule has 0 radical (unpaired) electrons. The minimum Gasteiger partial charge on any atom is -0.477 e. The molecule has 0 bridgehead atoms. The number of anilines is 1. The van der Waals surface area contributed by atoms with Crippen LogP contribution in [0.15, 0.2) is 41.0 Å². The Balaban J connectivity index is 2.21. The third kappa shape index (κ3) is 3.21. The molecule has 2 N–H and O–H groups in total. The van der Waals surface area contributed by atoms with Crippen molar-refractivity contribution in [2.24, 2.45) is 0 Å². The monoisotopic (exact) mass is 334 g/mol. The molecule has 0 aliphatic rings. The number of pyridine rings is 1. The Labute approximate surface area is 123 Å². The zero-order valence-corrected chi connectivity index (χ0v) is 12.1. The lowest BCUT2D eigenvalue weighted by atomic mass is 10.1. The quantitative estimate of drug-likeness (QED) is 0.903. The number of aryl methyl sites for hydroxylation is 1. The Hall–Kier alpha value is -2.21. The van der Waals surface area contributed by atoms with Crippen LogP contribution in [0.25, 0.3) is 0 Å². The number of aromatic carboxylic acids is 1. The number of hydrogen-bond acceptors (Lipinski definition) is 3. The van der Waals surface area contributed by atoms with Gasteiger partial charge in [-0.25, -0.2) is 9.78 Å². The molecule has 0 spiro atoms. The number of carbonyl (C=O) groups is 2. The number of aromatic nitrogens is 1. The molecule has 0 aliphatic heterocycles. The largest absolute Gasteiger partial charge is 0.477 e. The molecule has 2 rings (SSSR count). The lowest BCUT2D eigenvalue weighted by Crippen LogP contribution is -2.13. The first-order valence-electron chi connectivity index (χ1n) is 5.74. The molecule has 1 heterocycles. The summed E-state index contributed by atoms with van der Waals surface area (Å²) in [5.41, 5.74) is 1.78. The molecule has 5 nitrogen and oxygen atoms in total. The van der Waals surface area contributed by atoms with E-state index in [2.05, 4.69) is 26.2 Å². The number of carbonyl (C=O) groups excluding carboxylic acids is 1. The molecule has 0 fully saturated rings. The maximum atomic E-state index is 12.1. The van der Waals surface area contributed by atoms with Crippen LogP contribution in [0.3, 0.4) is 0 Å². The maximum absolute atomic E-state index is 12.1. The van der Waals surface area contributed by atoms with Gasteiger partial charge in [0, 0.05) is 21.9 Å². The standard InChI is InChI=1S/C14H11BrN2O3/c1-8-2-3-9(6-11(8)15)13(18)17-10-4-5-16-12(7-10)14(19)20/h2-7H,1H3,(H,19,20)(H,16,17,18). The van der Waals surface area contributed by atoms with E-state index in [4.69, 9.17) is 5.11 Å². The summed E-state index contributed by atoms with van der Waals surface area (Å²) in [6.45, 7) is 1.92. The predicted molar refractivity (Wildman–Crippen MR) is 78.0 cm³/mol. The molecule has 0 atom stereocenters. The van der Waals surface area contributed by atoms with Crippen LogP contribution in [-0.4, -0.2) is 22.0 Å². The lowest BCUT2D eigenvalue weighted by Gasteiger charge is -2.07. The van der Waals surface area contributed by atoms with Crippen LogP contribution < -0.4 is 5.32 Å². The summed E-state index contributed by atoms with van der Waals surface area (Å²) in [5, 5.41) is 11.5. The van der Waals surface area contributed by atoms with Crippen LogP contribution in [0.4, 0.5) is 5.69 Å². The van der Waals surface area contributed by atoms with Crippen LogP contribution in [-0.2, 0) is 0 Å². The molecule has 2 aromatic rings. The van der Waals surface area contributed by atoms with Crippen LogP contribution in [0.2, 0.25) is 0 Å². The lowest BCUT2D eigenvalue weighted by molar-refractivity contribution is 0.0690. The molecule has 0 aliphatic carbocycles. The molecule has 0 saturated heterocycles. The molecule has 1 aromatic heterocycles. The predicted octanol–water partition coefficient (Wildman–Crippen LogP) is 3.10. The van der Waals surface area contributed by atoms with E-state index in [1.807, 2.05) is 13.0 Å². The Morgan fingerprint density at radius 1 is 1.25 bits per heavy atom. The van der Waals surface area contributed by atoms with E-state index in [9.17, 15) is 9.59 Å². The van der Waals surface area contributed by atoms with Gasteiger partial charge in [0.15, 0.2) is 0 Å². The van der Waals surface area contributed by atoms with E-state index in [0.717, 1.165) is 10.0 Å². The zero-order valence-electron chi connectivity index (χ0n) is 10.6. The average molecular weight is 335 g/mol. The maximum Gasteiger partial charge on any atom is 0.354 e. The van der Waals surface area contributed by atoms with E-state index in [-0.39, 0.29) is 11.6 Å². The van der Waals surface area contributed by atoms with Gasteiger partial charge in [0.05, 0.1) is 0 Å². The molecule has 0 unspecified atom stereocenters. The number of amides is 1. The third-order valence-electron chi connectivity index (χ3n) is 2.67. The summed E-state index contributed by atoms with van der Waals surface area (Å²) >= 11 is 3.36. The highest BCUT2D eigenvalue weighted by molar-refractivity contribution is 9.10. The van der Waals surface area contributed by atoms with Gasteiger partial charge in [-0.05, 0) is 36.8 Å². The molecule has 1 aromatic carbocycles. The number of nitrogens with zero attached hydrogens (tertiary/aromatic N) is 1. The van der Waals surface area contributed by atoms with E-state index < -0.39 is 5.97 Å². The zero-order chi connectivity index (χ0) is 14.7. The number of rotatable bonds is 3. The van der Waals surface area contributed by atoms with Crippen molar-refractivity contribution in [3.63, 3.8) is 0 Å². The highest BCUT2D eigenvalue weighted by Gasteiger charge is 2.10. The fraction of sp³-hybridized carbons (Fsp3) is 0.0714. The van der Waals surface area contributed by atoms with Crippen molar-refractivity contribution in [1.82, 2.24) is 4.98 Å². The average Bonchev–Trinajstić information content (AvgIpc) is 2.42. The summed E-state index contributed by atoms with van der Waals surface area (Å²) in [7, 11) is 0. The summed E-state index contributed by atoms with van der Waals surface area (Å²) in [6, 6.07) is 8.09. The number of carboxylic acid groups (broad SMARTS) is 1. The first-order chi connectivity index (χ1) is 9.47. The Morgan fingerprint density at radius 3 is 2.65 bits per heavy atom. The fourth-order valence-corrected chi connectivity index (χ4v) is 1.94. The topological polar surface area (TPSA) is 79.3 Å². The van der Waals surface area contributed by atoms with Crippen LogP contribution in [0, 0.1) is 6.92 Å². The van der Waals surface area contributed by atoms with E-state index in [0.29, 0.717) is 11.3 Å². The van der Waals surface area contributed by atoms with E-state index in [1.165, 1.54) is 18.3 Å². The van der Waals surface area contributed by atoms with Crippen molar-refractivity contribution in [1.29, 1.82) is 0 Å². The van der Waals surface area contributed by atoms with Gasteiger partial charge < -0.3 is 10.4 Å². The number of nitrogens with one attached hydrogen (secondary N) is 1. The minimum absolute atomic E-state index is 0.118. The molecule has 1 amide bonds. The number of carboxylic acids is 1. The van der Waals surface area contributed by atoms with Crippen molar-refractivity contribution in [2.75, 3.05) is 5.32 Å². The Morgan fingerprint density at radius 2 is 2.00 bits per heavy atom. The van der Waals surface area contributed by atoms with Gasteiger partial charge in [-0.15, -0.1) is 0 Å². The second-order valence-electron chi connectivity index (χ2n) is 4.15. The Bertz CT molecular complexity index is 686. The summed E-state index contributed by atoms with van der Waals surface area (Å²) < 4.78 is 0.839. The highest BCUT2D eigenvalue weighted by atomic mass is 79.9. The van der Waals surface area contributed by atoms with Gasteiger partial charge >= 0.3 is 5.97 Å². The fourth-order valence-electron chi connectivity index (χ4n) is 1.56. The summed E-state index contributed by atoms with van der Waals surface area (Å²) in [6.07, 6.45) is 1.34. The second-order valence-corrected chi connectivity index (χ2v) is 5.01. The van der Waals surface area contributed by atoms with Crippen molar-refractivity contribution < 1.29 is 14.7 Å². The molecular formula is C14H11BrN2O3. The van der Waals surface area contributed by atoms with Crippen molar-refractivity contribution in [3.05, 3.63) is 57.8 Å². The summed E-state index contributed by atoms with van der Waals surface area (Å²) in [5.74, 6) is -1.45. The normalized spacial score (nSPS) is 10.1. The van der Waals surface area contributed by atoms with Gasteiger partial charge in [0.25, 0.3) is 5.91 Å². The van der Waals surface area contributed by atoms with Crippen molar-refractivity contribution in [3.8, 4) is 0 Å². The Kier molecular flexibility index (Phi) is 4.14.